The van der Waals surface area contributed by atoms with E-state index in [4.69, 9.17) is 0 Å². The minimum atomic E-state index is -0.455. The van der Waals surface area contributed by atoms with Crippen LogP contribution in [0.5, 0.6) is 0 Å². The maximum Gasteiger partial charge on any atom is 0.269 e. The van der Waals surface area contributed by atoms with Crippen LogP contribution in [0.15, 0.2) is 69.1 Å². The average molecular weight is 487 g/mol. The number of hydrogen-bond donors (Lipinski definition) is 1. The third-order valence-corrected chi connectivity index (χ3v) is 5.91. The third-order valence-electron chi connectivity index (χ3n) is 4.37. The van der Waals surface area contributed by atoms with Crippen molar-refractivity contribution in [1.29, 1.82) is 0 Å². The summed E-state index contributed by atoms with van der Waals surface area (Å²) in [5, 5.41) is 14.7. The molecular weight excluding hydrogens is 468 g/mol. The van der Waals surface area contributed by atoms with Crippen LogP contribution in [-0.4, -0.2) is 27.4 Å². The summed E-state index contributed by atoms with van der Waals surface area (Å²) in [7, 11) is 0. The molecule has 154 valence electrons. The second-order valence-corrected chi connectivity index (χ2v) is 8.44. The molecule has 0 aliphatic carbocycles. The van der Waals surface area contributed by atoms with Gasteiger partial charge in [-0.05, 0) is 56.3 Å². The molecule has 30 heavy (non-hydrogen) atoms. The van der Waals surface area contributed by atoms with Crippen molar-refractivity contribution in [2.75, 3.05) is 5.75 Å². The van der Waals surface area contributed by atoms with Crippen molar-refractivity contribution in [2.45, 2.75) is 18.7 Å². The van der Waals surface area contributed by atoms with Gasteiger partial charge in [-0.15, -0.1) is 11.8 Å². The predicted molar refractivity (Wildman–Crippen MR) is 123 cm³/mol. The number of nitrogens with one attached hydrogen (secondary N) is 1. The van der Waals surface area contributed by atoms with E-state index in [1.807, 2.05) is 44.2 Å². The highest BCUT2D eigenvalue weighted by molar-refractivity contribution is 9.10. The van der Waals surface area contributed by atoms with E-state index in [9.17, 15) is 14.9 Å². The number of benzene rings is 2. The number of non-ortho nitro benzene ring substituents is 1. The Balaban J connectivity index is 1.58. The van der Waals surface area contributed by atoms with E-state index in [-0.39, 0.29) is 17.3 Å². The lowest BCUT2D eigenvalue weighted by atomic mass is 10.2. The molecule has 0 radical (unpaired) electrons. The summed E-state index contributed by atoms with van der Waals surface area (Å²) in [5.74, 6) is -0.0936. The minimum absolute atomic E-state index is 0.0224. The van der Waals surface area contributed by atoms with E-state index >= 15 is 0 Å². The first kappa shape index (κ1) is 21.8. The molecule has 3 rings (SSSR count). The molecule has 0 fully saturated rings. The number of aryl methyl sites for hydroxylation is 1. The number of aromatic nitrogens is 1. The van der Waals surface area contributed by atoms with Crippen molar-refractivity contribution >= 4 is 45.5 Å². The van der Waals surface area contributed by atoms with Crippen molar-refractivity contribution < 1.29 is 9.72 Å². The smallest absolute Gasteiger partial charge is 0.269 e. The van der Waals surface area contributed by atoms with Crippen molar-refractivity contribution in [3.05, 3.63) is 86.1 Å². The molecule has 3 aromatic rings. The van der Waals surface area contributed by atoms with Crippen LogP contribution in [0.2, 0.25) is 0 Å². The van der Waals surface area contributed by atoms with Gasteiger partial charge in [0.05, 0.1) is 16.9 Å². The van der Waals surface area contributed by atoms with E-state index in [1.54, 1.807) is 18.3 Å². The summed E-state index contributed by atoms with van der Waals surface area (Å²) in [5.41, 5.74) is 6.60. The van der Waals surface area contributed by atoms with Crippen molar-refractivity contribution in [1.82, 2.24) is 9.99 Å². The number of hydrogen-bond acceptors (Lipinski definition) is 5. The number of rotatable bonds is 7. The van der Waals surface area contributed by atoms with E-state index in [0.717, 1.165) is 32.0 Å². The van der Waals surface area contributed by atoms with Crippen LogP contribution < -0.4 is 5.43 Å². The second-order valence-electron chi connectivity index (χ2n) is 6.47. The highest BCUT2D eigenvalue weighted by Gasteiger charge is 2.10. The van der Waals surface area contributed by atoms with Gasteiger partial charge in [-0.25, -0.2) is 5.43 Å². The Bertz CT molecular complexity index is 1090. The van der Waals surface area contributed by atoms with Gasteiger partial charge < -0.3 is 4.57 Å². The fourth-order valence-electron chi connectivity index (χ4n) is 2.92. The summed E-state index contributed by atoms with van der Waals surface area (Å²) in [4.78, 5) is 23.0. The Labute approximate surface area is 186 Å². The van der Waals surface area contributed by atoms with Gasteiger partial charge in [0.1, 0.15) is 0 Å². The quantitative estimate of drug-likeness (QED) is 0.220. The Morgan fingerprint density at radius 3 is 2.50 bits per heavy atom. The number of thioether (sulfide) groups is 1. The molecule has 0 bridgehead atoms. The lowest BCUT2D eigenvalue weighted by molar-refractivity contribution is -0.384. The summed E-state index contributed by atoms with van der Waals surface area (Å²) < 4.78 is 3.14. The van der Waals surface area contributed by atoms with E-state index in [0.29, 0.717) is 0 Å². The Kier molecular flexibility index (Phi) is 7.07. The summed E-state index contributed by atoms with van der Waals surface area (Å²) in [6, 6.07) is 16.1. The van der Waals surface area contributed by atoms with Gasteiger partial charge in [-0.1, -0.05) is 15.9 Å². The molecule has 7 nitrogen and oxygen atoms in total. The fraction of sp³-hybridized carbons (Fsp3) is 0.143. The molecule has 1 N–H and O–H groups in total. The van der Waals surface area contributed by atoms with Crippen LogP contribution in [0.25, 0.3) is 5.69 Å². The van der Waals surface area contributed by atoms with Gasteiger partial charge in [0.15, 0.2) is 0 Å². The Morgan fingerprint density at radius 1 is 1.20 bits per heavy atom. The standard InChI is InChI=1S/C21H19BrN4O3S/c1-14-11-16(15(2)25(14)18-5-3-17(22)4-6-18)12-23-24-21(27)13-30-20-9-7-19(8-10-20)26(28)29/h3-12H,13H2,1-2H3,(H,24,27). The SMILES string of the molecule is Cc1cc(C=NNC(=O)CSc2ccc([N+](=O)[O-])cc2)c(C)n1-c1ccc(Br)cc1. The monoisotopic (exact) mass is 486 g/mol. The van der Waals surface area contributed by atoms with Crippen LogP contribution in [-0.2, 0) is 4.79 Å². The number of halogens is 1. The van der Waals surface area contributed by atoms with E-state index in [2.05, 4.69) is 31.0 Å². The molecule has 1 amide bonds. The lowest BCUT2D eigenvalue weighted by Crippen LogP contribution is -2.19. The molecule has 0 saturated carbocycles. The first-order valence-corrected chi connectivity index (χ1v) is 10.8. The Hall–Kier alpha value is -2.91. The minimum Gasteiger partial charge on any atom is -0.318 e. The van der Waals surface area contributed by atoms with Crippen LogP contribution >= 0.6 is 27.7 Å². The Morgan fingerprint density at radius 2 is 1.87 bits per heavy atom. The van der Waals surface area contributed by atoms with E-state index in [1.165, 1.54) is 23.9 Å². The number of carbonyl (C=O) groups excluding carboxylic acids is 1. The highest BCUT2D eigenvalue weighted by atomic mass is 79.9. The van der Waals surface area contributed by atoms with Gasteiger partial charge >= 0.3 is 0 Å². The normalized spacial score (nSPS) is 11.0. The van der Waals surface area contributed by atoms with E-state index < -0.39 is 4.92 Å². The lowest BCUT2D eigenvalue weighted by Gasteiger charge is -2.09. The molecule has 2 aromatic carbocycles. The maximum absolute atomic E-state index is 12.0. The topological polar surface area (TPSA) is 89.5 Å². The van der Waals surface area contributed by atoms with Crippen LogP contribution in [0, 0.1) is 24.0 Å². The van der Waals surface area contributed by atoms with Crippen molar-refractivity contribution in [3.63, 3.8) is 0 Å². The molecule has 0 atom stereocenters. The molecule has 0 saturated heterocycles. The zero-order valence-corrected chi connectivity index (χ0v) is 18.7. The average Bonchev–Trinajstić information content (AvgIpc) is 3.01. The number of carbonyl (C=O) groups is 1. The molecule has 1 aromatic heterocycles. The second kappa shape index (κ2) is 9.73. The number of nitro benzene ring substituents is 1. The van der Waals surface area contributed by atoms with Crippen molar-refractivity contribution in [2.24, 2.45) is 5.10 Å². The zero-order valence-electron chi connectivity index (χ0n) is 16.3. The first-order chi connectivity index (χ1) is 14.3. The maximum atomic E-state index is 12.0. The molecule has 9 heteroatoms. The number of nitrogens with zero attached hydrogens (tertiary/aromatic N) is 3. The zero-order chi connectivity index (χ0) is 21.7. The number of hydrazone groups is 1. The van der Waals surface area contributed by atoms with Gasteiger partial charge in [0.2, 0.25) is 5.91 Å². The largest absolute Gasteiger partial charge is 0.318 e. The van der Waals surface area contributed by atoms with Gasteiger partial charge in [-0.3, -0.25) is 14.9 Å². The molecule has 0 aliphatic heterocycles. The van der Waals surface area contributed by atoms with Crippen LogP contribution in [0.1, 0.15) is 17.0 Å². The highest BCUT2D eigenvalue weighted by Crippen LogP contribution is 2.22. The number of nitro groups is 1. The summed E-state index contributed by atoms with van der Waals surface area (Å²) in [6.45, 7) is 4.02. The van der Waals surface area contributed by atoms with Gasteiger partial charge in [0, 0.05) is 44.1 Å². The molecular formula is C21H19BrN4O3S. The van der Waals surface area contributed by atoms with Crippen LogP contribution in [0.4, 0.5) is 5.69 Å². The fourth-order valence-corrected chi connectivity index (χ4v) is 3.88. The third kappa shape index (κ3) is 5.37. The molecule has 1 heterocycles. The predicted octanol–water partition coefficient (Wildman–Crippen LogP) is 5.01. The molecule has 0 spiro atoms. The van der Waals surface area contributed by atoms with Gasteiger partial charge in [-0.2, -0.15) is 5.10 Å². The molecule has 0 unspecified atom stereocenters. The van der Waals surface area contributed by atoms with Crippen LogP contribution in [0.3, 0.4) is 0 Å². The number of amides is 1. The molecule has 0 aliphatic rings. The first-order valence-electron chi connectivity index (χ1n) is 8.99. The van der Waals surface area contributed by atoms with Crippen molar-refractivity contribution in [3.8, 4) is 5.69 Å². The summed E-state index contributed by atoms with van der Waals surface area (Å²) in [6.07, 6.45) is 1.63. The summed E-state index contributed by atoms with van der Waals surface area (Å²) >= 11 is 4.73. The van der Waals surface area contributed by atoms with Gasteiger partial charge in [0.25, 0.3) is 5.69 Å².